The summed E-state index contributed by atoms with van der Waals surface area (Å²) in [6, 6.07) is 0. The van der Waals surface area contributed by atoms with Crippen LogP contribution in [0.4, 0.5) is 0 Å². The molecule has 0 aromatic carbocycles. The SMILES string of the molecule is CCC(SC#N)(SC#N)SC#N. The first kappa shape index (κ1) is 11.5. The van der Waals surface area contributed by atoms with Gasteiger partial charge in [0.15, 0.2) is 0 Å². The topological polar surface area (TPSA) is 71.4 Å². The van der Waals surface area contributed by atoms with Gasteiger partial charge in [-0.2, -0.15) is 15.8 Å². The third-order valence-corrected chi connectivity index (χ3v) is 4.61. The fraction of sp³-hybridized carbons (Fsp3) is 0.500. The summed E-state index contributed by atoms with van der Waals surface area (Å²) in [7, 11) is 0. The van der Waals surface area contributed by atoms with Crippen LogP contribution in [0.2, 0.25) is 0 Å². The van der Waals surface area contributed by atoms with Gasteiger partial charge in [0.1, 0.15) is 19.6 Å². The molecule has 62 valence electrons. The van der Waals surface area contributed by atoms with Crippen LogP contribution >= 0.6 is 35.3 Å². The van der Waals surface area contributed by atoms with Crippen molar-refractivity contribution >= 4 is 35.3 Å². The van der Waals surface area contributed by atoms with Gasteiger partial charge in [-0.3, -0.25) is 0 Å². The lowest BCUT2D eigenvalue weighted by molar-refractivity contribution is 1.02. The van der Waals surface area contributed by atoms with Crippen LogP contribution in [0.5, 0.6) is 0 Å². The second kappa shape index (κ2) is 6.08. The van der Waals surface area contributed by atoms with Crippen LogP contribution in [0.3, 0.4) is 0 Å². The van der Waals surface area contributed by atoms with Crippen LogP contribution in [0, 0.1) is 32.0 Å². The fourth-order valence-corrected chi connectivity index (χ4v) is 2.51. The molecule has 0 bridgehead atoms. The Morgan fingerprint density at radius 1 is 1.00 bits per heavy atom. The van der Waals surface area contributed by atoms with E-state index in [2.05, 4.69) is 0 Å². The van der Waals surface area contributed by atoms with Crippen molar-refractivity contribution in [2.24, 2.45) is 0 Å². The van der Waals surface area contributed by atoms with Crippen LogP contribution in [0.15, 0.2) is 0 Å². The number of hydrogen-bond donors (Lipinski definition) is 0. The summed E-state index contributed by atoms with van der Waals surface area (Å²) in [5, 5.41) is 31.1. The molecule has 0 aliphatic heterocycles. The molecule has 0 aliphatic rings. The van der Waals surface area contributed by atoms with Crippen LogP contribution in [0.25, 0.3) is 0 Å². The Labute approximate surface area is 84.1 Å². The zero-order valence-corrected chi connectivity index (χ0v) is 8.72. The Morgan fingerprint density at radius 2 is 1.33 bits per heavy atom. The number of nitriles is 3. The molecule has 6 heteroatoms. The predicted octanol–water partition coefficient (Wildman–Crippen LogP) is 2.69. The Kier molecular flexibility index (Phi) is 5.84. The number of rotatable bonds is 4. The highest BCUT2D eigenvalue weighted by Crippen LogP contribution is 2.48. The first-order chi connectivity index (χ1) is 5.74. The molecular formula is C6H5N3S3. The molecule has 0 N–H and O–H groups in total. The normalized spacial score (nSPS) is 9.50. The minimum absolute atomic E-state index is 0.599. The number of nitrogens with zero attached hydrogens (tertiary/aromatic N) is 3. The van der Waals surface area contributed by atoms with Crippen molar-refractivity contribution in [3.8, 4) is 16.2 Å². The molecule has 12 heavy (non-hydrogen) atoms. The van der Waals surface area contributed by atoms with Crippen LogP contribution < -0.4 is 0 Å². The van der Waals surface area contributed by atoms with Crippen molar-refractivity contribution < 1.29 is 0 Å². The molecule has 3 nitrogen and oxygen atoms in total. The van der Waals surface area contributed by atoms with E-state index in [0.717, 1.165) is 35.3 Å². The van der Waals surface area contributed by atoms with Gasteiger partial charge in [0.25, 0.3) is 0 Å². The van der Waals surface area contributed by atoms with Crippen LogP contribution in [0.1, 0.15) is 13.3 Å². The lowest BCUT2D eigenvalue weighted by Crippen LogP contribution is -2.10. The molecule has 0 rings (SSSR count). The van der Waals surface area contributed by atoms with E-state index < -0.39 is 3.41 Å². The molecule has 0 atom stereocenters. The van der Waals surface area contributed by atoms with E-state index in [-0.39, 0.29) is 0 Å². The molecule has 0 radical (unpaired) electrons. The third-order valence-electron chi connectivity index (χ3n) is 1.04. The molecular weight excluding hydrogens is 210 g/mol. The fourth-order valence-electron chi connectivity index (χ4n) is 0.488. The average molecular weight is 215 g/mol. The van der Waals surface area contributed by atoms with Crippen molar-refractivity contribution in [1.29, 1.82) is 15.8 Å². The van der Waals surface area contributed by atoms with E-state index in [1.54, 1.807) is 0 Å². The van der Waals surface area contributed by atoms with Crippen LogP contribution in [-0.4, -0.2) is 3.41 Å². The van der Waals surface area contributed by atoms with E-state index >= 15 is 0 Å². The van der Waals surface area contributed by atoms with Gasteiger partial charge in [0.2, 0.25) is 0 Å². The maximum Gasteiger partial charge on any atom is 0.148 e. The van der Waals surface area contributed by atoms with E-state index in [4.69, 9.17) is 15.8 Å². The Balaban J connectivity index is 4.45. The zero-order valence-electron chi connectivity index (χ0n) is 6.27. The summed E-state index contributed by atoms with van der Waals surface area (Å²) < 4.78 is -0.641. The molecule has 0 aromatic rings. The predicted molar refractivity (Wildman–Crippen MR) is 52.6 cm³/mol. The highest BCUT2D eigenvalue weighted by molar-refractivity contribution is 8.37. The summed E-state index contributed by atoms with van der Waals surface area (Å²) in [4.78, 5) is 0. The molecule has 0 saturated carbocycles. The largest absolute Gasteiger partial charge is 0.185 e. The number of hydrogen-bond acceptors (Lipinski definition) is 6. The Hall–Kier alpha value is -0.480. The van der Waals surface area contributed by atoms with Gasteiger partial charge in [-0.15, -0.1) is 0 Å². The first-order valence-electron chi connectivity index (χ1n) is 2.96. The first-order valence-corrected chi connectivity index (χ1v) is 5.41. The molecule has 0 spiro atoms. The second-order valence-corrected chi connectivity index (χ2v) is 5.64. The third kappa shape index (κ3) is 3.28. The number of thiocyanates is 3. The zero-order chi connectivity index (χ0) is 9.45. The smallest absolute Gasteiger partial charge is 0.148 e. The van der Waals surface area contributed by atoms with Crippen molar-refractivity contribution in [3.63, 3.8) is 0 Å². The average Bonchev–Trinajstić information content (AvgIpc) is 2.06. The minimum atomic E-state index is -0.641. The van der Waals surface area contributed by atoms with E-state index in [1.807, 2.05) is 23.1 Å². The van der Waals surface area contributed by atoms with E-state index in [1.165, 1.54) is 0 Å². The summed E-state index contributed by atoms with van der Waals surface area (Å²) in [6.07, 6.45) is 0.599. The minimum Gasteiger partial charge on any atom is -0.185 e. The van der Waals surface area contributed by atoms with Crippen LogP contribution in [-0.2, 0) is 0 Å². The van der Waals surface area contributed by atoms with Crippen molar-refractivity contribution in [2.75, 3.05) is 0 Å². The van der Waals surface area contributed by atoms with Gasteiger partial charge in [0.05, 0.1) is 0 Å². The van der Waals surface area contributed by atoms with Crippen molar-refractivity contribution in [3.05, 3.63) is 0 Å². The number of thioether (sulfide) groups is 3. The molecule has 0 aliphatic carbocycles. The molecule has 0 unspecified atom stereocenters. The van der Waals surface area contributed by atoms with Crippen molar-refractivity contribution in [2.45, 2.75) is 16.8 Å². The molecule has 0 saturated heterocycles. The van der Waals surface area contributed by atoms with Gasteiger partial charge in [-0.25, -0.2) is 0 Å². The van der Waals surface area contributed by atoms with Gasteiger partial charge >= 0.3 is 0 Å². The standard InChI is InChI=1S/C6H5N3S3/c1-2-6(10-3-7,11-4-8)12-5-9/h2H2,1H3. The summed E-state index contributed by atoms with van der Waals surface area (Å²) in [6.45, 7) is 1.85. The van der Waals surface area contributed by atoms with Gasteiger partial charge in [0, 0.05) is 0 Å². The highest BCUT2D eigenvalue weighted by Gasteiger charge is 2.31. The maximum atomic E-state index is 8.45. The van der Waals surface area contributed by atoms with E-state index in [0.29, 0.717) is 6.42 Å². The monoisotopic (exact) mass is 215 g/mol. The quantitative estimate of drug-likeness (QED) is 0.530. The van der Waals surface area contributed by atoms with E-state index in [9.17, 15) is 0 Å². The van der Waals surface area contributed by atoms with Gasteiger partial charge < -0.3 is 0 Å². The molecule has 0 heterocycles. The summed E-state index contributed by atoms with van der Waals surface area (Å²) >= 11 is 2.88. The molecule has 0 amide bonds. The lowest BCUT2D eigenvalue weighted by Gasteiger charge is -2.19. The molecule has 0 fully saturated rings. The Bertz CT molecular complexity index is 216. The lowest BCUT2D eigenvalue weighted by atomic mass is 10.6. The maximum absolute atomic E-state index is 8.45. The molecule has 0 aromatic heterocycles. The van der Waals surface area contributed by atoms with Gasteiger partial charge in [-0.1, -0.05) is 6.92 Å². The van der Waals surface area contributed by atoms with Gasteiger partial charge in [-0.05, 0) is 41.7 Å². The highest BCUT2D eigenvalue weighted by atomic mass is 32.3. The summed E-state index contributed by atoms with van der Waals surface area (Å²) in [5.74, 6) is 0. The summed E-state index contributed by atoms with van der Waals surface area (Å²) in [5.41, 5.74) is 0. The second-order valence-electron chi connectivity index (χ2n) is 1.62. The Morgan fingerprint density at radius 3 is 1.50 bits per heavy atom. The van der Waals surface area contributed by atoms with Crippen molar-refractivity contribution in [1.82, 2.24) is 0 Å².